The number of nitrogens with one attached hydrogen (secondary N) is 2. The lowest BCUT2D eigenvalue weighted by Crippen LogP contribution is -2.44. The summed E-state index contributed by atoms with van der Waals surface area (Å²) >= 11 is 0. The zero-order chi connectivity index (χ0) is 23.2. The Bertz CT molecular complexity index is 1330. The third-order valence-corrected chi connectivity index (χ3v) is 4.62. The first-order valence-corrected chi connectivity index (χ1v) is 10.0. The number of rotatable bonds is 6. The van der Waals surface area contributed by atoms with E-state index < -0.39 is 17.2 Å². The molecule has 0 aliphatic carbocycles. The van der Waals surface area contributed by atoms with Crippen molar-refractivity contribution in [2.45, 2.75) is 13.5 Å². The Morgan fingerprint density at radius 2 is 1.61 bits per heavy atom. The van der Waals surface area contributed by atoms with Gasteiger partial charge in [-0.1, -0.05) is 36.4 Å². The summed E-state index contributed by atoms with van der Waals surface area (Å²) in [6.07, 6.45) is 0. The van der Waals surface area contributed by atoms with Crippen molar-refractivity contribution in [2.75, 3.05) is 0 Å². The molecule has 0 saturated carbocycles. The molecular formula is C24H20N4O5. The van der Waals surface area contributed by atoms with Crippen molar-refractivity contribution in [1.82, 2.24) is 20.6 Å². The van der Waals surface area contributed by atoms with E-state index in [0.29, 0.717) is 22.9 Å². The summed E-state index contributed by atoms with van der Waals surface area (Å²) in [5, 5.41) is 4.15. The lowest BCUT2D eigenvalue weighted by Gasteiger charge is -2.11. The molecule has 0 aliphatic rings. The van der Waals surface area contributed by atoms with Crippen LogP contribution in [-0.2, 0) is 6.61 Å². The van der Waals surface area contributed by atoms with Gasteiger partial charge in [0.1, 0.15) is 18.1 Å². The molecule has 0 atom stereocenters. The van der Waals surface area contributed by atoms with Crippen LogP contribution in [-0.4, -0.2) is 21.6 Å². The van der Waals surface area contributed by atoms with Gasteiger partial charge in [0.15, 0.2) is 11.5 Å². The van der Waals surface area contributed by atoms with Gasteiger partial charge < -0.3 is 9.15 Å². The third-order valence-electron chi connectivity index (χ3n) is 4.62. The van der Waals surface area contributed by atoms with E-state index in [0.717, 1.165) is 0 Å². The molecule has 0 fully saturated rings. The lowest BCUT2D eigenvalue weighted by molar-refractivity contribution is 0.0824. The summed E-state index contributed by atoms with van der Waals surface area (Å²) in [5.74, 6) is -0.470. The summed E-state index contributed by atoms with van der Waals surface area (Å²) < 4.78 is 12.5. The summed E-state index contributed by atoms with van der Waals surface area (Å²) in [6.45, 7) is 1.84. The van der Waals surface area contributed by atoms with E-state index in [1.54, 1.807) is 37.3 Å². The van der Waals surface area contributed by atoms with E-state index in [-0.39, 0.29) is 18.1 Å². The first-order valence-electron chi connectivity index (χ1n) is 10.0. The van der Waals surface area contributed by atoms with E-state index in [1.807, 2.05) is 36.4 Å². The van der Waals surface area contributed by atoms with Crippen LogP contribution < -0.4 is 21.0 Å². The fourth-order valence-corrected chi connectivity index (χ4v) is 3.02. The van der Waals surface area contributed by atoms with Crippen molar-refractivity contribution in [3.63, 3.8) is 0 Å². The summed E-state index contributed by atoms with van der Waals surface area (Å²) in [6, 6.07) is 22.6. The van der Waals surface area contributed by atoms with Crippen LogP contribution in [0.1, 0.15) is 32.5 Å². The highest BCUT2D eigenvalue weighted by Crippen LogP contribution is 2.14. The molecule has 33 heavy (non-hydrogen) atoms. The molecule has 2 aromatic carbocycles. The Balaban J connectivity index is 1.39. The van der Waals surface area contributed by atoms with Gasteiger partial charge >= 0.3 is 5.91 Å². The average Bonchev–Trinajstić information content (AvgIpc) is 3.31. The first-order chi connectivity index (χ1) is 16.0. The average molecular weight is 444 g/mol. The standard InChI is InChI=1S/C24H20N4O5/c1-16-14-20(29)22(27-28(16)17-8-4-2-5-9-17)24(31)26-25-23(30)21-13-12-19(33-21)15-32-18-10-6-3-7-11-18/h2-14H,15H2,1H3,(H,25,30)(H,26,31). The number of carbonyl (C=O) groups excluding carboxylic acids is 2. The van der Waals surface area contributed by atoms with Crippen molar-refractivity contribution in [1.29, 1.82) is 0 Å². The van der Waals surface area contributed by atoms with E-state index in [9.17, 15) is 14.4 Å². The van der Waals surface area contributed by atoms with Crippen LogP contribution in [0.2, 0.25) is 0 Å². The van der Waals surface area contributed by atoms with Crippen LogP contribution in [0.25, 0.3) is 5.69 Å². The van der Waals surface area contributed by atoms with Gasteiger partial charge in [-0.3, -0.25) is 25.2 Å². The van der Waals surface area contributed by atoms with E-state index in [2.05, 4.69) is 16.0 Å². The highest BCUT2D eigenvalue weighted by atomic mass is 16.5. The Morgan fingerprint density at radius 3 is 2.33 bits per heavy atom. The van der Waals surface area contributed by atoms with Crippen LogP contribution >= 0.6 is 0 Å². The number of benzene rings is 2. The Labute approximate surface area is 188 Å². The van der Waals surface area contributed by atoms with Gasteiger partial charge in [-0.2, -0.15) is 5.10 Å². The SMILES string of the molecule is Cc1cc(=O)c(C(=O)NNC(=O)c2ccc(COc3ccccc3)o2)nn1-c1ccccc1. The topological polar surface area (TPSA) is 115 Å². The molecule has 0 spiro atoms. The van der Waals surface area contributed by atoms with E-state index >= 15 is 0 Å². The van der Waals surface area contributed by atoms with Crippen molar-refractivity contribution in [2.24, 2.45) is 0 Å². The Morgan fingerprint density at radius 1 is 0.939 bits per heavy atom. The second-order valence-electron chi connectivity index (χ2n) is 7.02. The van der Waals surface area contributed by atoms with Gasteiger partial charge in [-0.05, 0) is 43.3 Å². The molecular weight excluding hydrogens is 424 g/mol. The van der Waals surface area contributed by atoms with Crippen LogP contribution in [0, 0.1) is 6.92 Å². The Kier molecular flexibility index (Phi) is 6.31. The number of aryl methyl sites for hydroxylation is 1. The molecule has 2 heterocycles. The second kappa shape index (κ2) is 9.65. The number of hydrogen-bond donors (Lipinski definition) is 2. The number of furan rings is 1. The van der Waals surface area contributed by atoms with Crippen molar-refractivity contribution in [3.05, 3.63) is 112 Å². The summed E-state index contributed by atoms with van der Waals surface area (Å²) in [5.41, 5.74) is 4.75. The number of hydrazine groups is 1. The molecule has 2 N–H and O–H groups in total. The summed E-state index contributed by atoms with van der Waals surface area (Å²) in [7, 11) is 0. The highest BCUT2D eigenvalue weighted by molar-refractivity contribution is 5.96. The van der Waals surface area contributed by atoms with Gasteiger partial charge in [0.2, 0.25) is 5.43 Å². The fourth-order valence-electron chi connectivity index (χ4n) is 3.02. The number of ether oxygens (including phenoxy) is 1. The molecule has 0 bridgehead atoms. The maximum absolute atomic E-state index is 12.5. The van der Waals surface area contributed by atoms with Gasteiger partial charge in [-0.15, -0.1) is 0 Å². The minimum atomic E-state index is -0.850. The Hall–Kier alpha value is -4.66. The van der Waals surface area contributed by atoms with Gasteiger partial charge in [0.25, 0.3) is 5.91 Å². The maximum Gasteiger partial charge on any atom is 0.305 e. The van der Waals surface area contributed by atoms with Gasteiger partial charge in [0, 0.05) is 11.8 Å². The minimum Gasteiger partial charge on any atom is -0.486 e. The first kappa shape index (κ1) is 21.6. The molecule has 166 valence electrons. The van der Waals surface area contributed by atoms with Crippen molar-refractivity contribution in [3.8, 4) is 11.4 Å². The molecule has 4 aromatic rings. The van der Waals surface area contributed by atoms with Crippen molar-refractivity contribution < 1.29 is 18.7 Å². The maximum atomic E-state index is 12.5. The fraction of sp³-hybridized carbons (Fsp3) is 0.0833. The number of para-hydroxylation sites is 2. The smallest absolute Gasteiger partial charge is 0.305 e. The highest BCUT2D eigenvalue weighted by Gasteiger charge is 2.18. The number of nitrogens with zero attached hydrogens (tertiary/aromatic N) is 2. The number of hydrogen-bond acceptors (Lipinski definition) is 6. The molecule has 0 unspecified atom stereocenters. The molecule has 4 rings (SSSR count). The van der Waals surface area contributed by atoms with Gasteiger partial charge in [0.05, 0.1) is 5.69 Å². The van der Waals surface area contributed by atoms with Crippen molar-refractivity contribution >= 4 is 11.8 Å². The molecule has 9 nitrogen and oxygen atoms in total. The van der Waals surface area contributed by atoms with Crippen LogP contribution in [0.15, 0.2) is 88.1 Å². The third kappa shape index (κ3) is 5.16. The lowest BCUT2D eigenvalue weighted by atomic mass is 10.3. The second-order valence-corrected chi connectivity index (χ2v) is 7.02. The number of carbonyl (C=O) groups is 2. The normalized spacial score (nSPS) is 10.5. The minimum absolute atomic E-state index is 0.0273. The largest absolute Gasteiger partial charge is 0.486 e. The monoisotopic (exact) mass is 444 g/mol. The molecule has 0 saturated heterocycles. The zero-order valence-corrected chi connectivity index (χ0v) is 17.6. The molecule has 2 aromatic heterocycles. The molecule has 9 heteroatoms. The van der Waals surface area contributed by atoms with E-state index in [1.165, 1.54) is 16.8 Å². The molecule has 0 aliphatic heterocycles. The number of aromatic nitrogens is 2. The van der Waals surface area contributed by atoms with Crippen LogP contribution in [0.5, 0.6) is 5.75 Å². The predicted octanol–water partition coefficient (Wildman–Crippen LogP) is 2.79. The zero-order valence-electron chi connectivity index (χ0n) is 17.6. The number of amides is 2. The molecule has 0 radical (unpaired) electrons. The summed E-state index contributed by atoms with van der Waals surface area (Å²) in [4.78, 5) is 37.1. The van der Waals surface area contributed by atoms with Crippen LogP contribution in [0.3, 0.4) is 0 Å². The van der Waals surface area contributed by atoms with Crippen LogP contribution in [0.4, 0.5) is 0 Å². The quantitative estimate of drug-likeness (QED) is 0.442. The molecule has 2 amide bonds. The van der Waals surface area contributed by atoms with E-state index in [4.69, 9.17) is 9.15 Å². The predicted molar refractivity (Wildman–Crippen MR) is 119 cm³/mol. The van der Waals surface area contributed by atoms with Gasteiger partial charge in [-0.25, -0.2) is 4.68 Å².